The molecule has 0 unspecified atom stereocenters. The van der Waals surface area contributed by atoms with E-state index in [2.05, 4.69) is 0 Å². The number of carbonyl (C=O) groups excluding carboxylic acids is 2. The van der Waals surface area contributed by atoms with Crippen LogP contribution in [0.4, 0.5) is 13.2 Å². The zero-order valence-corrected chi connectivity index (χ0v) is 9.07. The van der Waals surface area contributed by atoms with E-state index < -0.39 is 29.3 Å². The molecule has 3 nitrogen and oxygen atoms in total. The largest absolute Gasteiger partial charge is 0.471 e. The van der Waals surface area contributed by atoms with E-state index in [-0.39, 0.29) is 0 Å². The molecule has 0 spiro atoms. The lowest BCUT2D eigenvalue weighted by atomic mass is 9.85. The van der Waals surface area contributed by atoms with Crippen LogP contribution in [0.1, 0.15) is 25.7 Å². The van der Waals surface area contributed by atoms with E-state index in [1.54, 1.807) is 0 Å². The summed E-state index contributed by atoms with van der Waals surface area (Å²) in [5.74, 6) is -2.72. The summed E-state index contributed by atoms with van der Waals surface area (Å²) in [6, 6.07) is -0.798. The quantitative estimate of drug-likeness (QED) is 0.769. The average molecular weight is 258 g/mol. The van der Waals surface area contributed by atoms with Crippen LogP contribution in [0, 0.1) is 5.92 Å². The first-order valence-corrected chi connectivity index (χ1v) is 5.27. The molecule has 16 heavy (non-hydrogen) atoms. The number of halogens is 4. The fourth-order valence-corrected chi connectivity index (χ4v) is 2.09. The van der Waals surface area contributed by atoms with Gasteiger partial charge >= 0.3 is 12.1 Å². The zero-order chi connectivity index (χ0) is 12.3. The summed E-state index contributed by atoms with van der Waals surface area (Å²) in [6.45, 7) is 0. The Hall–Kier alpha value is -0.780. The predicted octanol–water partition coefficient (Wildman–Crippen LogP) is 1.99. The van der Waals surface area contributed by atoms with Gasteiger partial charge in [0.1, 0.15) is 0 Å². The highest BCUT2D eigenvalue weighted by atomic mass is 35.5. The first-order chi connectivity index (χ1) is 7.32. The van der Waals surface area contributed by atoms with Crippen molar-refractivity contribution in [2.24, 2.45) is 5.92 Å². The summed E-state index contributed by atoms with van der Waals surface area (Å²) in [5, 5.41) is 1.13. The highest BCUT2D eigenvalue weighted by Gasteiger charge is 2.42. The number of hydrogen-bond donors (Lipinski definition) is 1. The van der Waals surface area contributed by atoms with Crippen LogP contribution in [0.3, 0.4) is 0 Å². The maximum Gasteiger partial charge on any atom is 0.471 e. The van der Waals surface area contributed by atoms with Crippen LogP contribution in [-0.2, 0) is 9.59 Å². The lowest BCUT2D eigenvalue weighted by Crippen LogP contribution is -2.48. The van der Waals surface area contributed by atoms with E-state index in [9.17, 15) is 22.8 Å². The van der Waals surface area contributed by atoms with Gasteiger partial charge in [-0.1, -0.05) is 12.8 Å². The van der Waals surface area contributed by atoms with E-state index >= 15 is 0 Å². The number of amides is 1. The van der Waals surface area contributed by atoms with Crippen LogP contribution in [0.2, 0.25) is 0 Å². The molecule has 0 bridgehead atoms. The maximum atomic E-state index is 12.0. The van der Waals surface area contributed by atoms with Gasteiger partial charge in [0.05, 0.1) is 5.92 Å². The molecular weight excluding hydrogens is 247 g/mol. The van der Waals surface area contributed by atoms with Crippen LogP contribution < -0.4 is 5.32 Å². The fraction of sp³-hybridized carbons (Fsp3) is 0.778. The third kappa shape index (κ3) is 3.37. The molecule has 1 aliphatic carbocycles. The van der Waals surface area contributed by atoms with Gasteiger partial charge in [-0.3, -0.25) is 9.59 Å². The van der Waals surface area contributed by atoms with Crippen molar-refractivity contribution in [1.82, 2.24) is 5.32 Å². The van der Waals surface area contributed by atoms with Crippen LogP contribution >= 0.6 is 11.6 Å². The standard InChI is InChI=1S/C9H11ClF3NO2/c10-7(15)5-3-1-2-4-6(5)14-8(16)9(11,12)13/h5-6H,1-4H2,(H,14,16)/t5-,6+/m0/s1. The zero-order valence-electron chi connectivity index (χ0n) is 8.31. The molecule has 1 saturated carbocycles. The van der Waals surface area contributed by atoms with Crippen LogP contribution in [0.5, 0.6) is 0 Å². The minimum absolute atomic E-state index is 0.352. The number of rotatable bonds is 2. The van der Waals surface area contributed by atoms with Gasteiger partial charge < -0.3 is 5.32 Å². The van der Waals surface area contributed by atoms with E-state index in [0.29, 0.717) is 19.3 Å². The molecule has 92 valence electrons. The molecule has 7 heteroatoms. The van der Waals surface area contributed by atoms with Crippen molar-refractivity contribution in [1.29, 1.82) is 0 Å². The minimum atomic E-state index is -4.92. The van der Waals surface area contributed by atoms with Crippen molar-refractivity contribution in [3.63, 3.8) is 0 Å². The molecule has 0 aliphatic heterocycles. The van der Waals surface area contributed by atoms with E-state index in [4.69, 9.17) is 11.6 Å². The second-order valence-electron chi connectivity index (χ2n) is 3.77. The number of hydrogen-bond acceptors (Lipinski definition) is 2. The van der Waals surface area contributed by atoms with Crippen molar-refractivity contribution >= 4 is 22.8 Å². The first-order valence-electron chi connectivity index (χ1n) is 4.89. The first kappa shape index (κ1) is 13.3. The van der Waals surface area contributed by atoms with Crippen molar-refractivity contribution < 1.29 is 22.8 Å². The van der Waals surface area contributed by atoms with E-state index in [1.165, 1.54) is 0 Å². The van der Waals surface area contributed by atoms with Gasteiger partial charge in [0.2, 0.25) is 5.24 Å². The Kier molecular flexibility index (Phi) is 4.18. The van der Waals surface area contributed by atoms with Crippen molar-refractivity contribution in [2.75, 3.05) is 0 Å². The van der Waals surface area contributed by atoms with Crippen molar-refractivity contribution in [2.45, 2.75) is 37.9 Å². The summed E-state index contributed by atoms with van der Waals surface area (Å²) >= 11 is 5.28. The van der Waals surface area contributed by atoms with E-state index in [0.717, 1.165) is 6.42 Å². The SMILES string of the molecule is O=C(Cl)[C@H]1CCCC[C@H]1NC(=O)C(F)(F)F. The Balaban J connectivity index is 2.63. The van der Waals surface area contributed by atoms with E-state index in [1.807, 2.05) is 5.32 Å². The Morgan fingerprint density at radius 3 is 2.25 bits per heavy atom. The lowest BCUT2D eigenvalue weighted by Gasteiger charge is -2.29. The molecule has 1 aliphatic rings. The predicted molar refractivity (Wildman–Crippen MR) is 50.8 cm³/mol. The molecule has 0 radical (unpaired) electrons. The fourth-order valence-electron chi connectivity index (χ4n) is 1.83. The van der Waals surface area contributed by atoms with Gasteiger partial charge in [0.25, 0.3) is 0 Å². The van der Waals surface area contributed by atoms with Gasteiger partial charge in [0.15, 0.2) is 0 Å². The Labute approximate surface area is 95.3 Å². The lowest BCUT2D eigenvalue weighted by molar-refractivity contribution is -0.175. The second-order valence-corrected chi connectivity index (χ2v) is 4.15. The van der Waals surface area contributed by atoms with Crippen LogP contribution in [-0.4, -0.2) is 23.4 Å². The number of nitrogens with one attached hydrogen (secondary N) is 1. The summed E-state index contributed by atoms with van der Waals surface area (Å²) in [4.78, 5) is 21.7. The minimum Gasteiger partial charge on any atom is -0.345 e. The Bertz CT molecular complexity index is 293. The van der Waals surface area contributed by atoms with Crippen LogP contribution in [0.25, 0.3) is 0 Å². The van der Waals surface area contributed by atoms with Gasteiger partial charge in [-0.25, -0.2) is 0 Å². The normalized spacial score (nSPS) is 26.2. The molecular formula is C9H11ClF3NO2. The molecule has 0 heterocycles. The monoisotopic (exact) mass is 257 g/mol. The molecule has 1 N–H and O–H groups in total. The average Bonchev–Trinajstić information content (AvgIpc) is 2.16. The Morgan fingerprint density at radius 1 is 1.19 bits per heavy atom. The van der Waals surface area contributed by atoms with Gasteiger partial charge in [-0.05, 0) is 24.4 Å². The van der Waals surface area contributed by atoms with Gasteiger partial charge in [-0.15, -0.1) is 0 Å². The smallest absolute Gasteiger partial charge is 0.345 e. The van der Waals surface area contributed by atoms with Gasteiger partial charge in [0, 0.05) is 6.04 Å². The van der Waals surface area contributed by atoms with Crippen molar-refractivity contribution in [3.05, 3.63) is 0 Å². The number of carbonyl (C=O) groups is 2. The molecule has 1 rings (SSSR count). The van der Waals surface area contributed by atoms with Gasteiger partial charge in [-0.2, -0.15) is 13.2 Å². The molecule has 0 aromatic carbocycles. The second kappa shape index (κ2) is 5.03. The summed E-state index contributed by atoms with van der Waals surface area (Å²) in [7, 11) is 0. The third-order valence-corrected chi connectivity index (χ3v) is 2.91. The van der Waals surface area contributed by atoms with Crippen molar-refractivity contribution in [3.8, 4) is 0 Å². The highest BCUT2D eigenvalue weighted by Crippen LogP contribution is 2.27. The molecule has 2 atom stereocenters. The molecule has 1 fully saturated rings. The van der Waals surface area contributed by atoms with Crippen LogP contribution in [0.15, 0.2) is 0 Å². The third-order valence-electron chi connectivity index (χ3n) is 2.63. The molecule has 0 aromatic rings. The topological polar surface area (TPSA) is 46.2 Å². The maximum absolute atomic E-state index is 12.0. The summed E-state index contributed by atoms with van der Waals surface area (Å²) in [5.41, 5.74) is 0. The number of alkyl halides is 3. The Morgan fingerprint density at radius 2 is 1.75 bits per heavy atom. The summed E-state index contributed by atoms with van der Waals surface area (Å²) in [6.07, 6.45) is -2.72. The molecule has 0 aromatic heterocycles. The molecule has 1 amide bonds. The summed E-state index contributed by atoms with van der Waals surface area (Å²) < 4.78 is 36.0. The highest BCUT2D eigenvalue weighted by molar-refractivity contribution is 6.64. The molecule has 0 saturated heterocycles.